The molecule has 3 rings (SSSR count). The van der Waals surface area contributed by atoms with Crippen molar-refractivity contribution in [1.82, 2.24) is 5.43 Å². The van der Waals surface area contributed by atoms with E-state index in [2.05, 4.69) is 24.4 Å². The number of nitrogens with one attached hydrogen (secondary N) is 1. The van der Waals surface area contributed by atoms with Gasteiger partial charge in [0.1, 0.15) is 11.5 Å². The Kier molecular flexibility index (Phi) is 7.22. The van der Waals surface area contributed by atoms with E-state index in [-0.39, 0.29) is 18.3 Å². The van der Waals surface area contributed by atoms with Crippen LogP contribution in [0.15, 0.2) is 70.4 Å². The smallest absolute Gasteiger partial charge is 0.379 e. The van der Waals surface area contributed by atoms with Crippen molar-refractivity contribution in [3.8, 4) is 11.5 Å². The molecule has 1 N–H and O–H groups in total. The minimum absolute atomic E-state index is 0.0918. The van der Waals surface area contributed by atoms with E-state index < -0.39 is 11.9 Å². The molecule has 7 nitrogen and oxygen atoms in total. The maximum atomic E-state index is 12.1. The summed E-state index contributed by atoms with van der Waals surface area (Å²) in [4.78, 5) is 24.2. The van der Waals surface area contributed by atoms with Crippen LogP contribution in [0.25, 0.3) is 0 Å². The third kappa shape index (κ3) is 6.05. The summed E-state index contributed by atoms with van der Waals surface area (Å²) in [6.07, 6.45) is 2.79. The Morgan fingerprint density at radius 2 is 1.90 bits per heavy atom. The van der Waals surface area contributed by atoms with Gasteiger partial charge in [0, 0.05) is 5.56 Å². The van der Waals surface area contributed by atoms with Gasteiger partial charge in [-0.2, -0.15) is 5.10 Å². The van der Waals surface area contributed by atoms with Crippen LogP contribution in [-0.2, 0) is 4.79 Å². The quantitative estimate of drug-likeness (QED) is 0.251. The zero-order chi connectivity index (χ0) is 22.2. The number of nitrogens with zero attached hydrogens (tertiary/aromatic N) is 1. The first kappa shape index (κ1) is 21.8. The summed E-state index contributed by atoms with van der Waals surface area (Å²) >= 11 is 0. The van der Waals surface area contributed by atoms with Gasteiger partial charge in [0.15, 0.2) is 6.61 Å². The van der Waals surface area contributed by atoms with Gasteiger partial charge in [-0.25, -0.2) is 10.2 Å². The number of benzene rings is 2. The summed E-state index contributed by atoms with van der Waals surface area (Å²) in [6.45, 7) is 5.93. The molecule has 7 heteroatoms. The Hall–Kier alpha value is -3.87. The van der Waals surface area contributed by atoms with Gasteiger partial charge in [-0.1, -0.05) is 38.1 Å². The second kappa shape index (κ2) is 10.2. The van der Waals surface area contributed by atoms with Gasteiger partial charge in [0.25, 0.3) is 5.91 Å². The van der Waals surface area contributed by atoms with E-state index in [0.717, 1.165) is 11.1 Å². The molecule has 1 heterocycles. The van der Waals surface area contributed by atoms with Crippen LogP contribution in [-0.4, -0.2) is 24.7 Å². The zero-order valence-corrected chi connectivity index (χ0v) is 17.6. The molecule has 0 atom stereocenters. The summed E-state index contributed by atoms with van der Waals surface area (Å²) in [6, 6.07) is 15.9. The molecule has 0 unspecified atom stereocenters. The van der Waals surface area contributed by atoms with Gasteiger partial charge >= 0.3 is 5.97 Å². The number of esters is 1. The van der Waals surface area contributed by atoms with Gasteiger partial charge in [-0.3, -0.25) is 4.79 Å². The summed E-state index contributed by atoms with van der Waals surface area (Å²) < 4.78 is 16.1. The molecule has 0 bridgehead atoms. The van der Waals surface area contributed by atoms with Crippen molar-refractivity contribution >= 4 is 18.1 Å². The molecule has 160 valence electrons. The lowest BCUT2D eigenvalue weighted by atomic mass is 10.0. The number of carbonyl (C=O) groups excluding carboxylic acids is 2. The van der Waals surface area contributed by atoms with Crippen molar-refractivity contribution in [2.45, 2.75) is 26.7 Å². The molecule has 1 amide bonds. The summed E-state index contributed by atoms with van der Waals surface area (Å²) in [5.74, 6) is 0.315. The number of ether oxygens (including phenoxy) is 2. The molecule has 0 aliphatic rings. The average molecular weight is 420 g/mol. The van der Waals surface area contributed by atoms with Crippen molar-refractivity contribution in [3.05, 3.63) is 83.3 Å². The molecule has 0 aliphatic heterocycles. The Bertz CT molecular complexity index is 1070. The molecule has 0 aliphatic carbocycles. The fourth-order valence-electron chi connectivity index (χ4n) is 2.82. The van der Waals surface area contributed by atoms with E-state index >= 15 is 0 Å². The van der Waals surface area contributed by atoms with Crippen molar-refractivity contribution in [2.75, 3.05) is 6.61 Å². The fraction of sp³-hybridized carbons (Fsp3) is 0.208. The van der Waals surface area contributed by atoms with Crippen LogP contribution in [0.2, 0.25) is 0 Å². The minimum atomic E-state index is -0.623. The number of aryl methyl sites for hydroxylation is 1. The summed E-state index contributed by atoms with van der Waals surface area (Å²) in [5, 5.41) is 3.94. The largest absolute Gasteiger partial charge is 0.483 e. The third-order valence-electron chi connectivity index (χ3n) is 4.39. The zero-order valence-electron chi connectivity index (χ0n) is 17.6. The molecular formula is C24H24N2O5. The molecule has 31 heavy (non-hydrogen) atoms. The molecule has 1 aromatic heterocycles. The SMILES string of the molecule is Cc1ccc(C(C)C)c(OCC(=O)N/N=C\c2ccccc2OC(=O)c2ccco2)c1. The highest BCUT2D eigenvalue weighted by Crippen LogP contribution is 2.27. The number of furan rings is 1. The molecule has 2 aromatic carbocycles. The molecule has 0 saturated carbocycles. The number of hydrogen-bond donors (Lipinski definition) is 1. The van der Waals surface area contributed by atoms with E-state index in [1.807, 2.05) is 25.1 Å². The lowest BCUT2D eigenvalue weighted by Crippen LogP contribution is -2.25. The van der Waals surface area contributed by atoms with Crippen LogP contribution in [0, 0.1) is 6.92 Å². The molecular weight excluding hydrogens is 396 g/mol. The van der Waals surface area contributed by atoms with E-state index in [9.17, 15) is 9.59 Å². The van der Waals surface area contributed by atoms with Gasteiger partial charge in [0.05, 0.1) is 12.5 Å². The molecule has 0 saturated heterocycles. The van der Waals surface area contributed by atoms with Crippen LogP contribution < -0.4 is 14.9 Å². The number of carbonyl (C=O) groups is 2. The highest BCUT2D eigenvalue weighted by molar-refractivity contribution is 5.91. The van der Waals surface area contributed by atoms with Crippen molar-refractivity contribution in [2.24, 2.45) is 5.10 Å². The maximum absolute atomic E-state index is 12.1. The topological polar surface area (TPSA) is 90.1 Å². The van der Waals surface area contributed by atoms with E-state index in [4.69, 9.17) is 13.9 Å². The highest BCUT2D eigenvalue weighted by atomic mass is 16.5. The van der Waals surface area contributed by atoms with E-state index in [1.165, 1.54) is 18.5 Å². The Morgan fingerprint density at radius 1 is 1.10 bits per heavy atom. The Morgan fingerprint density at radius 3 is 2.65 bits per heavy atom. The predicted molar refractivity (Wildman–Crippen MR) is 117 cm³/mol. The van der Waals surface area contributed by atoms with Gasteiger partial charge < -0.3 is 13.9 Å². The molecule has 3 aromatic rings. The third-order valence-corrected chi connectivity index (χ3v) is 4.39. The first-order valence-electron chi connectivity index (χ1n) is 9.84. The second-order valence-electron chi connectivity index (χ2n) is 7.18. The standard InChI is InChI=1S/C24H24N2O5/c1-16(2)19-11-10-17(3)13-22(19)30-15-23(27)26-25-14-18-7-4-5-8-20(18)31-24(28)21-9-6-12-29-21/h4-14,16H,15H2,1-3H3,(H,26,27)/b25-14-. The predicted octanol–water partition coefficient (Wildman–Crippen LogP) is 4.46. The van der Waals surface area contributed by atoms with Crippen LogP contribution in [0.3, 0.4) is 0 Å². The van der Waals surface area contributed by atoms with Crippen molar-refractivity contribution in [3.63, 3.8) is 0 Å². The van der Waals surface area contributed by atoms with Gasteiger partial charge in [-0.15, -0.1) is 0 Å². The monoisotopic (exact) mass is 420 g/mol. The fourth-order valence-corrected chi connectivity index (χ4v) is 2.82. The lowest BCUT2D eigenvalue weighted by molar-refractivity contribution is -0.123. The first-order valence-corrected chi connectivity index (χ1v) is 9.84. The van der Waals surface area contributed by atoms with Gasteiger partial charge in [-0.05, 0) is 54.3 Å². The number of para-hydroxylation sites is 1. The van der Waals surface area contributed by atoms with Crippen molar-refractivity contribution in [1.29, 1.82) is 0 Å². The molecule has 0 fully saturated rings. The summed E-state index contributed by atoms with van der Waals surface area (Å²) in [7, 11) is 0. The number of hydrazone groups is 1. The minimum Gasteiger partial charge on any atom is -0.483 e. The Balaban J connectivity index is 1.58. The number of hydrogen-bond acceptors (Lipinski definition) is 6. The lowest BCUT2D eigenvalue weighted by Gasteiger charge is -2.14. The highest BCUT2D eigenvalue weighted by Gasteiger charge is 2.13. The number of rotatable bonds is 8. The molecule has 0 spiro atoms. The Labute approximate surface area is 180 Å². The average Bonchev–Trinajstić information content (AvgIpc) is 3.28. The number of amides is 1. The van der Waals surface area contributed by atoms with Crippen LogP contribution >= 0.6 is 0 Å². The summed E-state index contributed by atoms with van der Waals surface area (Å²) in [5.41, 5.74) is 5.03. The van der Waals surface area contributed by atoms with Crippen LogP contribution in [0.5, 0.6) is 11.5 Å². The van der Waals surface area contributed by atoms with Crippen LogP contribution in [0.1, 0.15) is 47.0 Å². The van der Waals surface area contributed by atoms with Crippen LogP contribution in [0.4, 0.5) is 0 Å². The second-order valence-corrected chi connectivity index (χ2v) is 7.18. The first-order chi connectivity index (χ1) is 14.9. The van der Waals surface area contributed by atoms with Crippen molar-refractivity contribution < 1.29 is 23.5 Å². The van der Waals surface area contributed by atoms with E-state index in [0.29, 0.717) is 17.1 Å². The van der Waals surface area contributed by atoms with Gasteiger partial charge in [0.2, 0.25) is 5.76 Å². The maximum Gasteiger partial charge on any atom is 0.379 e. The van der Waals surface area contributed by atoms with E-state index in [1.54, 1.807) is 30.3 Å². The molecule has 0 radical (unpaired) electrons. The normalized spacial score (nSPS) is 11.0.